The highest BCUT2D eigenvalue weighted by Gasteiger charge is 2.86. The van der Waals surface area contributed by atoms with Gasteiger partial charge in [-0.2, -0.15) is 47.9 Å². The Kier molecular flexibility index (Phi) is 6.28. The molecular weight excluding hydrogens is 431 g/mol. The third-order valence-electron chi connectivity index (χ3n) is 4.39. The van der Waals surface area contributed by atoms with Gasteiger partial charge >= 0.3 is 33.4 Å². The van der Waals surface area contributed by atoms with Crippen LogP contribution in [0.1, 0.15) is 40.0 Å². The van der Waals surface area contributed by atoms with Crippen molar-refractivity contribution >= 4 is 10.1 Å². The minimum absolute atomic E-state index is 0.0525. The molecule has 0 unspecified atom stereocenters. The predicted octanol–water partition coefficient (Wildman–Crippen LogP) is 5.80. The minimum Gasteiger partial charge on any atom is -0.386 e. The van der Waals surface area contributed by atoms with E-state index >= 15 is 0 Å². The molecule has 0 aliphatic heterocycles. The van der Waals surface area contributed by atoms with E-state index in [0.29, 0.717) is 24.0 Å². The fourth-order valence-corrected chi connectivity index (χ4v) is 3.52. The maximum absolute atomic E-state index is 13.5. The Hall–Kier alpha value is -1.40. The van der Waals surface area contributed by atoms with Crippen LogP contribution in [0.3, 0.4) is 0 Å². The third-order valence-corrected chi connectivity index (χ3v) is 5.64. The lowest BCUT2D eigenvalue weighted by Gasteiger charge is -2.33. The molecule has 0 amide bonds. The van der Waals surface area contributed by atoms with Crippen molar-refractivity contribution in [2.24, 2.45) is 5.41 Å². The molecule has 13 heteroatoms. The van der Waals surface area contributed by atoms with Crippen LogP contribution in [-0.2, 0) is 14.3 Å². The van der Waals surface area contributed by atoms with Crippen LogP contribution in [0.15, 0.2) is 23.5 Å². The highest BCUT2D eigenvalue weighted by Crippen LogP contribution is 2.55. The second-order valence-electron chi connectivity index (χ2n) is 6.95. The molecule has 0 radical (unpaired) electrons. The number of rotatable bonds is 6. The van der Waals surface area contributed by atoms with E-state index in [9.17, 15) is 47.9 Å². The third kappa shape index (κ3) is 3.99. The van der Waals surface area contributed by atoms with Crippen LogP contribution in [-0.4, -0.2) is 31.7 Å². The van der Waals surface area contributed by atoms with Crippen molar-refractivity contribution in [2.45, 2.75) is 63.3 Å². The molecule has 28 heavy (non-hydrogen) atoms. The van der Waals surface area contributed by atoms with E-state index in [2.05, 4.69) is 4.18 Å². The quantitative estimate of drug-likeness (QED) is 0.293. The smallest absolute Gasteiger partial charge is 0.386 e. The van der Waals surface area contributed by atoms with E-state index in [-0.39, 0.29) is 6.26 Å². The summed E-state index contributed by atoms with van der Waals surface area (Å²) in [4.78, 5) is 0. The summed E-state index contributed by atoms with van der Waals surface area (Å²) in [5, 5.41) is -6.87. The molecule has 1 rings (SSSR count). The summed E-state index contributed by atoms with van der Waals surface area (Å²) < 4.78 is 141. The molecule has 3 nitrogen and oxygen atoms in total. The highest BCUT2D eigenvalue weighted by molar-refractivity contribution is 7.88. The van der Waals surface area contributed by atoms with Crippen LogP contribution in [0.2, 0.25) is 0 Å². The van der Waals surface area contributed by atoms with Crippen LogP contribution in [0.25, 0.3) is 0 Å². The molecule has 164 valence electrons. The topological polar surface area (TPSA) is 43.4 Å². The Balaban J connectivity index is 3.22. The number of alkyl halides is 9. The minimum atomic E-state index is -7.33. The molecule has 0 N–H and O–H groups in total. The van der Waals surface area contributed by atoms with Gasteiger partial charge in [0.1, 0.15) is 6.26 Å². The second kappa shape index (κ2) is 7.13. The van der Waals surface area contributed by atoms with Crippen molar-refractivity contribution in [1.29, 1.82) is 0 Å². The Bertz CT molecular complexity index is 762. The standard InChI is InChI=1S/C15H17F9O3S/c1-9-5-4-7-11(2,3)10(9)6-8-27-28(25,26)15(23,24)13(18,19)12(16,17)14(20,21)22/h6,8H,4-5,7H2,1-3H3/b8-6+. The summed E-state index contributed by atoms with van der Waals surface area (Å²) in [6, 6.07) is 0. The van der Waals surface area contributed by atoms with Gasteiger partial charge < -0.3 is 4.18 Å². The Morgan fingerprint density at radius 2 is 1.46 bits per heavy atom. The van der Waals surface area contributed by atoms with Crippen molar-refractivity contribution in [3.8, 4) is 0 Å². The van der Waals surface area contributed by atoms with Gasteiger partial charge in [0, 0.05) is 0 Å². The first-order chi connectivity index (χ1) is 12.2. The molecule has 1 aliphatic rings. The van der Waals surface area contributed by atoms with Crippen molar-refractivity contribution in [3.63, 3.8) is 0 Å². The Morgan fingerprint density at radius 3 is 1.89 bits per heavy atom. The molecule has 0 atom stereocenters. The first kappa shape index (κ1) is 24.6. The van der Waals surface area contributed by atoms with E-state index in [0.717, 1.165) is 12.5 Å². The Morgan fingerprint density at radius 1 is 0.964 bits per heavy atom. The van der Waals surface area contributed by atoms with Gasteiger partial charge in [-0.05, 0) is 43.3 Å². The van der Waals surface area contributed by atoms with Crippen molar-refractivity contribution in [2.75, 3.05) is 0 Å². The average molecular weight is 448 g/mol. The lowest BCUT2D eigenvalue weighted by atomic mass is 9.73. The van der Waals surface area contributed by atoms with Gasteiger partial charge in [-0.1, -0.05) is 19.4 Å². The number of allylic oxidation sites excluding steroid dienone is 3. The average Bonchev–Trinajstić information content (AvgIpc) is 2.48. The second-order valence-corrected chi connectivity index (χ2v) is 8.56. The van der Waals surface area contributed by atoms with E-state index in [1.165, 1.54) is 0 Å². The van der Waals surface area contributed by atoms with Crippen LogP contribution in [0.5, 0.6) is 0 Å². The molecule has 0 aromatic heterocycles. The fourth-order valence-electron chi connectivity index (χ4n) is 2.76. The van der Waals surface area contributed by atoms with Gasteiger partial charge in [0.05, 0.1) is 0 Å². The van der Waals surface area contributed by atoms with Gasteiger partial charge in [-0.15, -0.1) is 0 Å². The molecular formula is C15H17F9O3S. The first-order valence-corrected chi connectivity index (χ1v) is 9.13. The van der Waals surface area contributed by atoms with E-state index in [4.69, 9.17) is 0 Å². The monoisotopic (exact) mass is 448 g/mol. The largest absolute Gasteiger partial charge is 0.460 e. The summed E-state index contributed by atoms with van der Waals surface area (Å²) in [5.74, 6) is -14.6. The van der Waals surface area contributed by atoms with Gasteiger partial charge in [0.15, 0.2) is 0 Å². The molecule has 0 aromatic carbocycles. The van der Waals surface area contributed by atoms with Gasteiger partial charge in [-0.25, -0.2) is 0 Å². The fraction of sp³-hybridized carbons (Fsp3) is 0.733. The van der Waals surface area contributed by atoms with Gasteiger partial charge in [0.25, 0.3) is 0 Å². The molecule has 0 fully saturated rings. The van der Waals surface area contributed by atoms with Gasteiger partial charge in [-0.3, -0.25) is 0 Å². The molecule has 0 heterocycles. The zero-order chi connectivity index (χ0) is 22.4. The molecule has 1 aliphatic carbocycles. The lowest BCUT2D eigenvalue weighted by molar-refractivity contribution is -0.382. The molecule has 0 saturated heterocycles. The highest BCUT2D eigenvalue weighted by atomic mass is 32.2. The molecule has 0 aromatic rings. The van der Waals surface area contributed by atoms with E-state index in [1.807, 2.05) is 0 Å². The van der Waals surface area contributed by atoms with Crippen molar-refractivity contribution in [3.05, 3.63) is 23.5 Å². The number of halogens is 9. The summed E-state index contributed by atoms with van der Waals surface area (Å²) >= 11 is 0. The van der Waals surface area contributed by atoms with E-state index < -0.39 is 38.8 Å². The maximum atomic E-state index is 13.5. The number of hydrogen-bond donors (Lipinski definition) is 0. The summed E-state index contributed by atoms with van der Waals surface area (Å²) in [6.45, 7) is 5.08. The molecule has 0 bridgehead atoms. The Labute approximate surface area is 155 Å². The first-order valence-electron chi connectivity index (χ1n) is 7.72. The SMILES string of the molecule is CC1=C(/C=C/OS(=O)(=O)C(F)(F)C(F)(F)C(F)(F)C(F)(F)F)C(C)(C)CCC1. The van der Waals surface area contributed by atoms with Gasteiger partial charge in [0.2, 0.25) is 0 Å². The van der Waals surface area contributed by atoms with Crippen molar-refractivity contribution < 1.29 is 52.1 Å². The van der Waals surface area contributed by atoms with Crippen LogP contribution < -0.4 is 0 Å². The predicted molar refractivity (Wildman–Crippen MR) is 80.4 cm³/mol. The summed E-state index contributed by atoms with van der Waals surface area (Å²) in [6.07, 6.45) is -4.24. The number of hydrogen-bond acceptors (Lipinski definition) is 3. The van der Waals surface area contributed by atoms with Crippen molar-refractivity contribution in [1.82, 2.24) is 0 Å². The summed E-state index contributed by atoms with van der Waals surface area (Å²) in [5.41, 5.74) is 0.598. The van der Waals surface area contributed by atoms with Crippen LogP contribution in [0, 0.1) is 5.41 Å². The maximum Gasteiger partial charge on any atom is 0.460 e. The molecule has 0 spiro atoms. The van der Waals surface area contributed by atoms with Crippen LogP contribution >= 0.6 is 0 Å². The van der Waals surface area contributed by atoms with Crippen LogP contribution in [0.4, 0.5) is 39.5 Å². The normalized spacial score (nSPS) is 20.0. The van der Waals surface area contributed by atoms with E-state index in [1.54, 1.807) is 20.8 Å². The lowest BCUT2D eigenvalue weighted by Crippen LogP contribution is -2.63. The zero-order valence-corrected chi connectivity index (χ0v) is 15.6. The molecule has 0 saturated carbocycles. The summed E-state index contributed by atoms with van der Waals surface area (Å²) in [7, 11) is -6.89. The zero-order valence-electron chi connectivity index (χ0n) is 14.8.